The second-order valence-electron chi connectivity index (χ2n) is 7.56. The molecule has 0 spiro atoms. The first-order valence-corrected chi connectivity index (χ1v) is 10.4. The van der Waals surface area contributed by atoms with E-state index in [-0.39, 0.29) is 5.82 Å². The summed E-state index contributed by atoms with van der Waals surface area (Å²) in [5.41, 5.74) is 3.92. The Labute approximate surface area is 186 Å². The summed E-state index contributed by atoms with van der Waals surface area (Å²) in [4.78, 5) is 4.59. The highest BCUT2D eigenvalue weighted by molar-refractivity contribution is 5.90. The normalized spacial score (nSPS) is 11.3. The Kier molecular flexibility index (Phi) is 5.50. The Bertz CT molecular complexity index is 1370. The lowest BCUT2D eigenvalue weighted by Gasteiger charge is -2.06. The molecule has 5 rings (SSSR count). The first kappa shape index (κ1) is 19.8. The number of benzene rings is 4. The Morgan fingerprint density at radius 2 is 1.59 bits per heavy atom. The zero-order valence-corrected chi connectivity index (χ0v) is 17.4. The van der Waals surface area contributed by atoms with E-state index in [4.69, 9.17) is 4.74 Å². The smallest absolute Gasteiger partial charge is 0.127 e. The van der Waals surface area contributed by atoms with Crippen molar-refractivity contribution in [3.05, 3.63) is 126 Å². The number of para-hydroxylation sites is 1. The second kappa shape index (κ2) is 8.90. The van der Waals surface area contributed by atoms with E-state index in [1.54, 1.807) is 12.1 Å². The third-order valence-corrected chi connectivity index (χ3v) is 5.22. The molecule has 3 nitrogen and oxygen atoms in total. The van der Waals surface area contributed by atoms with Gasteiger partial charge >= 0.3 is 0 Å². The fourth-order valence-corrected chi connectivity index (χ4v) is 3.64. The van der Waals surface area contributed by atoms with E-state index in [9.17, 15) is 4.39 Å². The van der Waals surface area contributed by atoms with Gasteiger partial charge in [-0.2, -0.15) is 0 Å². The molecular weight excluding hydrogens is 399 g/mol. The van der Waals surface area contributed by atoms with E-state index in [2.05, 4.69) is 27.8 Å². The molecule has 4 aromatic carbocycles. The Balaban J connectivity index is 1.29. The first-order chi connectivity index (χ1) is 15.7. The average molecular weight is 420 g/mol. The van der Waals surface area contributed by atoms with Crippen LogP contribution in [0.5, 0.6) is 11.5 Å². The Morgan fingerprint density at radius 1 is 0.781 bits per heavy atom. The minimum absolute atomic E-state index is 0.211. The molecule has 4 heteroatoms. The summed E-state index contributed by atoms with van der Waals surface area (Å²) in [5, 5.41) is 1.12. The highest BCUT2D eigenvalue weighted by Gasteiger charge is 2.04. The molecule has 0 fully saturated rings. The number of ether oxygens (including phenoxy) is 1. The van der Waals surface area contributed by atoms with Gasteiger partial charge in [0.2, 0.25) is 0 Å². The summed E-state index contributed by atoms with van der Waals surface area (Å²) in [6.07, 6.45) is 3.89. The van der Waals surface area contributed by atoms with Crippen molar-refractivity contribution < 1.29 is 9.13 Å². The molecule has 32 heavy (non-hydrogen) atoms. The molecule has 1 aromatic heterocycles. The predicted octanol–water partition coefficient (Wildman–Crippen LogP) is 7.37. The number of nitrogens with zero attached hydrogens (tertiary/aromatic N) is 2. The molecule has 0 saturated heterocycles. The van der Waals surface area contributed by atoms with Gasteiger partial charge in [-0.15, -0.1) is 0 Å². The van der Waals surface area contributed by atoms with Gasteiger partial charge in [0.15, 0.2) is 0 Å². The molecule has 0 radical (unpaired) electrons. The Morgan fingerprint density at radius 3 is 2.41 bits per heavy atom. The third kappa shape index (κ3) is 4.60. The van der Waals surface area contributed by atoms with Gasteiger partial charge in [0.25, 0.3) is 0 Å². The molecule has 0 aliphatic heterocycles. The van der Waals surface area contributed by atoms with Crippen molar-refractivity contribution >= 4 is 22.8 Å². The van der Waals surface area contributed by atoms with Gasteiger partial charge in [-0.25, -0.2) is 4.39 Å². The van der Waals surface area contributed by atoms with E-state index in [0.717, 1.165) is 39.2 Å². The minimum Gasteiger partial charge on any atom is -0.457 e. The third-order valence-electron chi connectivity index (χ3n) is 5.22. The number of aromatic nitrogens is 1. The molecule has 0 bridgehead atoms. The number of aliphatic imine (C=N–C) groups is 1. The van der Waals surface area contributed by atoms with Crippen LogP contribution in [0.4, 0.5) is 10.1 Å². The van der Waals surface area contributed by atoms with Gasteiger partial charge in [0.05, 0.1) is 5.69 Å². The summed E-state index contributed by atoms with van der Waals surface area (Å²) < 4.78 is 21.4. The molecule has 1 heterocycles. The van der Waals surface area contributed by atoms with Crippen LogP contribution in [-0.2, 0) is 6.54 Å². The summed E-state index contributed by atoms with van der Waals surface area (Å²) >= 11 is 0. The lowest BCUT2D eigenvalue weighted by atomic mass is 10.1. The van der Waals surface area contributed by atoms with Crippen molar-refractivity contribution in [2.24, 2.45) is 4.99 Å². The van der Waals surface area contributed by atoms with Gasteiger partial charge in [0, 0.05) is 29.9 Å². The SMILES string of the molecule is Fc1cccc(Cn2ccc3cc(C=Nc4ccc(Oc5ccccc5)cc4)ccc32)c1. The van der Waals surface area contributed by atoms with Crippen LogP contribution in [0, 0.1) is 5.82 Å². The molecule has 0 aliphatic carbocycles. The van der Waals surface area contributed by atoms with Crippen molar-refractivity contribution in [2.45, 2.75) is 6.54 Å². The molecule has 0 aliphatic rings. The van der Waals surface area contributed by atoms with Crippen molar-refractivity contribution in [3.8, 4) is 11.5 Å². The van der Waals surface area contributed by atoms with E-state index in [1.165, 1.54) is 6.07 Å². The number of fused-ring (bicyclic) bond motifs is 1. The van der Waals surface area contributed by atoms with Crippen LogP contribution >= 0.6 is 0 Å². The largest absolute Gasteiger partial charge is 0.457 e. The maximum absolute atomic E-state index is 13.5. The molecule has 0 saturated carbocycles. The molecule has 156 valence electrons. The standard InChI is InChI=1S/C28H21FN2O/c29-24-6-4-5-22(18-24)20-31-16-15-23-17-21(9-14-28(23)31)19-30-25-10-12-27(13-11-25)32-26-7-2-1-3-8-26/h1-19H,20H2. The summed E-state index contributed by atoms with van der Waals surface area (Å²) in [6, 6.07) is 32.4. The number of rotatable bonds is 6. The second-order valence-corrected chi connectivity index (χ2v) is 7.56. The summed E-state index contributed by atoms with van der Waals surface area (Å²) in [7, 11) is 0. The van der Waals surface area contributed by atoms with Crippen LogP contribution in [0.25, 0.3) is 10.9 Å². The maximum Gasteiger partial charge on any atom is 0.127 e. The van der Waals surface area contributed by atoms with Crippen LogP contribution in [0.2, 0.25) is 0 Å². The van der Waals surface area contributed by atoms with E-state index in [1.807, 2.05) is 79.1 Å². The van der Waals surface area contributed by atoms with E-state index < -0.39 is 0 Å². The van der Waals surface area contributed by atoms with Crippen molar-refractivity contribution in [2.75, 3.05) is 0 Å². The zero-order valence-electron chi connectivity index (χ0n) is 17.4. The molecule has 0 amide bonds. The number of hydrogen-bond donors (Lipinski definition) is 0. The topological polar surface area (TPSA) is 26.5 Å². The Hall–Kier alpha value is -4.18. The van der Waals surface area contributed by atoms with Crippen molar-refractivity contribution in [3.63, 3.8) is 0 Å². The monoisotopic (exact) mass is 420 g/mol. The average Bonchev–Trinajstić information content (AvgIpc) is 3.21. The van der Waals surface area contributed by atoms with Crippen LogP contribution in [-0.4, -0.2) is 10.8 Å². The highest BCUT2D eigenvalue weighted by Crippen LogP contribution is 2.24. The van der Waals surface area contributed by atoms with Crippen molar-refractivity contribution in [1.29, 1.82) is 0 Å². The zero-order chi connectivity index (χ0) is 21.8. The molecular formula is C28H21FN2O. The van der Waals surface area contributed by atoms with Gasteiger partial charge in [0.1, 0.15) is 17.3 Å². The first-order valence-electron chi connectivity index (χ1n) is 10.4. The van der Waals surface area contributed by atoms with E-state index in [0.29, 0.717) is 6.54 Å². The van der Waals surface area contributed by atoms with Gasteiger partial charge in [-0.3, -0.25) is 4.99 Å². The lowest BCUT2D eigenvalue weighted by Crippen LogP contribution is -1.98. The number of hydrogen-bond acceptors (Lipinski definition) is 2. The van der Waals surface area contributed by atoms with Crippen LogP contribution in [0.3, 0.4) is 0 Å². The molecule has 0 atom stereocenters. The van der Waals surface area contributed by atoms with Gasteiger partial charge in [-0.1, -0.05) is 36.4 Å². The van der Waals surface area contributed by atoms with Gasteiger partial charge in [-0.05, 0) is 77.9 Å². The van der Waals surface area contributed by atoms with Crippen LogP contribution in [0.15, 0.2) is 114 Å². The summed E-state index contributed by atoms with van der Waals surface area (Å²) in [5.74, 6) is 1.37. The highest BCUT2D eigenvalue weighted by atomic mass is 19.1. The fraction of sp³-hybridized carbons (Fsp3) is 0.0357. The van der Waals surface area contributed by atoms with Crippen LogP contribution in [0.1, 0.15) is 11.1 Å². The van der Waals surface area contributed by atoms with Crippen molar-refractivity contribution in [1.82, 2.24) is 4.57 Å². The molecule has 0 N–H and O–H groups in total. The summed E-state index contributed by atoms with van der Waals surface area (Å²) in [6.45, 7) is 0.631. The lowest BCUT2D eigenvalue weighted by molar-refractivity contribution is 0.483. The quantitative estimate of drug-likeness (QED) is 0.263. The maximum atomic E-state index is 13.5. The van der Waals surface area contributed by atoms with Crippen LogP contribution < -0.4 is 4.74 Å². The molecule has 0 unspecified atom stereocenters. The predicted molar refractivity (Wildman–Crippen MR) is 128 cm³/mol. The van der Waals surface area contributed by atoms with E-state index >= 15 is 0 Å². The fourth-order valence-electron chi connectivity index (χ4n) is 3.64. The number of halogens is 1. The minimum atomic E-state index is -0.211. The van der Waals surface area contributed by atoms with Gasteiger partial charge < -0.3 is 9.30 Å². The molecule has 5 aromatic rings.